The van der Waals surface area contributed by atoms with E-state index in [1.165, 1.54) is 17.5 Å². The summed E-state index contributed by atoms with van der Waals surface area (Å²) in [6.07, 6.45) is 4.63. The van der Waals surface area contributed by atoms with Crippen LogP contribution in [-0.2, 0) is 10.0 Å². The molecule has 1 amide bonds. The van der Waals surface area contributed by atoms with Crippen LogP contribution in [0.5, 0.6) is 5.75 Å². The van der Waals surface area contributed by atoms with Crippen LogP contribution < -0.4 is 10.1 Å². The number of methoxy groups -OCH3 is 1. The number of nitrogens with zero attached hydrogens (tertiary/aromatic N) is 1. The molecule has 0 saturated carbocycles. The van der Waals surface area contributed by atoms with Gasteiger partial charge in [0.25, 0.3) is 5.91 Å². The second-order valence-corrected chi connectivity index (χ2v) is 7.85. The third-order valence-electron chi connectivity index (χ3n) is 4.14. The van der Waals surface area contributed by atoms with E-state index in [1.807, 2.05) is 6.92 Å². The highest BCUT2D eigenvalue weighted by atomic mass is 32.2. The summed E-state index contributed by atoms with van der Waals surface area (Å²) in [6.45, 7) is 3.54. The maximum atomic E-state index is 13.0. The topological polar surface area (TPSA) is 75.7 Å². The second-order valence-electron chi connectivity index (χ2n) is 5.94. The van der Waals surface area contributed by atoms with E-state index in [2.05, 4.69) is 5.32 Å². The highest BCUT2D eigenvalue weighted by molar-refractivity contribution is 7.89. The van der Waals surface area contributed by atoms with Gasteiger partial charge in [0.2, 0.25) is 10.0 Å². The molecule has 1 N–H and O–H groups in total. The lowest BCUT2D eigenvalue weighted by Crippen LogP contribution is -2.32. The van der Waals surface area contributed by atoms with Gasteiger partial charge in [-0.1, -0.05) is 19.8 Å². The number of amides is 1. The molecule has 1 aliphatic rings. The summed E-state index contributed by atoms with van der Waals surface area (Å²) in [5.74, 6) is -0.00175. The summed E-state index contributed by atoms with van der Waals surface area (Å²) >= 11 is 0. The zero-order chi connectivity index (χ0) is 17.6. The molecule has 1 aromatic carbocycles. The van der Waals surface area contributed by atoms with Gasteiger partial charge in [0.15, 0.2) is 0 Å². The maximum Gasteiger partial charge on any atom is 0.251 e. The summed E-state index contributed by atoms with van der Waals surface area (Å²) in [5, 5.41) is 2.77. The first-order valence-corrected chi connectivity index (χ1v) is 9.91. The fourth-order valence-corrected chi connectivity index (χ4v) is 4.48. The molecule has 0 unspecified atom stereocenters. The SMILES string of the molecule is CCCNC(=O)c1ccc(OC)c(S(=O)(=O)N2CCCCCC2)c1. The number of hydrogen-bond donors (Lipinski definition) is 1. The highest BCUT2D eigenvalue weighted by Gasteiger charge is 2.29. The third kappa shape index (κ3) is 4.27. The van der Waals surface area contributed by atoms with Gasteiger partial charge < -0.3 is 10.1 Å². The van der Waals surface area contributed by atoms with E-state index in [0.29, 0.717) is 25.2 Å². The van der Waals surface area contributed by atoms with Crippen LogP contribution in [0.25, 0.3) is 0 Å². The van der Waals surface area contributed by atoms with E-state index in [-0.39, 0.29) is 16.6 Å². The van der Waals surface area contributed by atoms with E-state index in [1.54, 1.807) is 12.1 Å². The summed E-state index contributed by atoms with van der Waals surface area (Å²) < 4.78 is 32.8. The minimum absolute atomic E-state index is 0.0658. The monoisotopic (exact) mass is 354 g/mol. The number of nitrogens with one attached hydrogen (secondary N) is 1. The standard InChI is InChI=1S/C17H26N2O4S/c1-3-10-18-17(20)14-8-9-15(23-2)16(13-14)24(21,22)19-11-6-4-5-7-12-19/h8-9,13H,3-7,10-12H2,1-2H3,(H,18,20). The molecule has 0 bridgehead atoms. The third-order valence-corrected chi connectivity index (χ3v) is 6.06. The Bertz CT molecular complexity index is 665. The average Bonchev–Trinajstić information content (AvgIpc) is 2.89. The molecule has 1 saturated heterocycles. The van der Waals surface area contributed by atoms with Crippen LogP contribution >= 0.6 is 0 Å². The number of sulfonamides is 1. The summed E-state index contributed by atoms with van der Waals surface area (Å²) in [5.41, 5.74) is 0.331. The van der Waals surface area contributed by atoms with Crippen molar-refractivity contribution < 1.29 is 17.9 Å². The molecule has 2 rings (SSSR count). The van der Waals surface area contributed by atoms with E-state index in [0.717, 1.165) is 32.1 Å². The van der Waals surface area contributed by atoms with Crippen molar-refractivity contribution in [3.8, 4) is 5.75 Å². The number of carbonyl (C=O) groups is 1. The van der Waals surface area contributed by atoms with E-state index >= 15 is 0 Å². The van der Waals surface area contributed by atoms with Crippen molar-refractivity contribution >= 4 is 15.9 Å². The van der Waals surface area contributed by atoms with Crippen molar-refractivity contribution in [3.63, 3.8) is 0 Å². The van der Waals surface area contributed by atoms with Crippen LogP contribution in [-0.4, -0.2) is 45.4 Å². The molecule has 1 heterocycles. The Morgan fingerprint density at radius 3 is 2.46 bits per heavy atom. The maximum absolute atomic E-state index is 13.0. The van der Waals surface area contributed by atoms with E-state index in [9.17, 15) is 13.2 Å². The Balaban J connectivity index is 2.37. The minimum Gasteiger partial charge on any atom is -0.495 e. The molecule has 1 aromatic rings. The molecule has 6 nitrogen and oxygen atoms in total. The smallest absolute Gasteiger partial charge is 0.251 e. The molecular formula is C17H26N2O4S. The fraction of sp³-hybridized carbons (Fsp3) is 0.588. The molecule has 0 aromatic heterocycles. The number of rotatable bonds is 6. The Hall–Kier alpha value is -1.60. The van der Waals surface area contributed by atoms with Gasteiger partial charge in [-0.3, -0.25) is 4.79 Å². The number of carbonyl (C=O) groups excluding carboxylic acids is 1. The quantitative estimate of drug-likeness (QED) is 0.851. The van der Waals surface area contributed by atoms with E-state index < -0.39 is 10.0 Å². The molecule has 24 heavy (non-hydrogen) atoms. The van der Waals surface area contributed by atoms with Gasteiger partial charge in [-0.25, -0.2) is 8.42 Å². The van der Waals surface area contributed by atoms with Crippen LogP contribution in [0, 0.1) is 0 Å². The van der Waals surface area contributed by atoms with Gasteiger partial charge in [-0.15, -0.1) is 0 Å². The van der Waals surface area contributed by atoms with Crippen LogP contribution in [0.2, 0.25) is 0 Å². The van der Waals surface area contributed by atoms with Crippen LogP contribution in [0.4, 0.5) is 0 Å². The van der Waals surface area contributed by atoms with Gasteiger partial charge in [-0.2, -0.15) is 4.31 Å². The summed E-state index contributed by atoms with van der Waals surface area (Å²) in [6, 6.07) is 4.56. The zero-order valence-corrected chi connectivity index (χ0v) is 15.2. The number of hydrogen-bond acceptors (Lipinski definition) is 4. The van der Waals surface area contributed by atoms with Crippen LogP contribution in [0.1, 0.15) is 49.4 Å². The lowest BCUT2D eigenvalue weighted by Gasteiger charge is -2.21. The lowest BCUT2D eigenvalue weighted by molar-refractivity contribution is 0.0953. The van der Waals surface area contributed by atoms with Gasteiger partial charge in [-0.05, 0) is 37.5 Å². The predicted molar refractivity (Wildman–Crippen MR) is 92.8 cm³/mol. The molecular weight excluding hydrogens is 328 g/mol. The average molecular weight is 354 g/mol. The normalized spacial score (nSPS) is 16.4. The van der Waals surface area contributed by atoms with Crippen molar-refractivity contribution in [2.75, 3.05) is 26.7 Å². The summed E-state index contributed by atoms with van der Waals surface area (Å²) in [4.78, 5) is 12.2. The van der Waals surface area contributed by atoms with E-state index in [4.69, 9.17) is 4.74 Å². The molecule has 0 atom stereocenters. The first-order valence-electron chi connectivity index (χ1n) is 8.47. The molecule has 7 heteroatoms. The Morgan fingerprint density at radius 1 is 1.21 bits per heavy atom. The molecule has 0 radical (unpaired) electrons. The van der Waals surface area contributed by atoms with Crippen molar-refractivity contribution in [2.45, 2.75) is 43.9 Å². The zero-order valence-electron chi connectivity index (χ0n) is 14.4. The highest BCUT2D eigenvalue weighted by Crippen LogP contribution is 2.29. The Kier molecular flexibility index (Phi) is 6.62. The first-order chi connectivity index (χ1) is 11.5. The van der Waals surface area contributed by atoms with Crippen LogP contribution in [0.3, 0.4) is 0 Å². The molecule has 134 valence electrons. The molecule has 0 spiro atoms. The lowest BCUT2D eigenvalue weighted by atomic mass is 10.2. The predicted octanol–water partition coefficient (Wildman–Crippen LogP) is 2.40. The van der Waals surface area contributed by atoms with Gasteiger partial charge in [0.05, 0.1) is 7.11 Å². The van der Waals surface area contributed by atoms with Gasteiger partial charge in [0.1, 0.15) is 10.6 Å². The van der Waals surface area contributed by atoms with Crippen molar-refractivity contribution in [2.24, 2.45) is 0 Å². The van der Waals surface area contributed by atoms with Crippen LogP contribution in [0.15, 0.2) is 23.1 Å². The molecule has 1 fully saturated rings. The van der Waals surface area contributed by atoms with Crippen molar-refractivity contribution in [3.05, 3.63) is 23.8 Å². The molecule has 1 aliphatic heterocycles. The number of ether oxygens (including phenoxy) is 1. The largest absolute Gasteiger partial charge is 0.495 e. The minimum atomic E-state index is -3.68. The number of benzene rings is 1. The van der Waals surface area contributed by atoms with Crippen molar-refractivity contribution in [1.29, 1.82) is 0 Å². The van der Waals surface area contributed by atoms with Crippen molar-refractivity contribution in [1.82, 2.24) is 9.62 Å². The fourth-order valence-electron chi connectivity index (χ4n) is 2.78. The summed E-state index contributed by atoms with van der Waals surface area (Å²) in [7, 11) is -2.24. The van der Waals surface area contributed by atoms with Gasteiger partial charge >= 0.3 is 0 Å². The Morgan fingerprint density at radius 2 is 1.88 bits per heavy atom. The molecule has 0 aliphatic carbocycles. The Labute approximate surface area is 144 Å². The first kappa shape index (κ1) is 18.7. The van der Waals surface area contributed by atoms with Gasteiger partial charge in [0, 0.05) is 25.2 Å². The second kappa shape index (κ2) is 8.48.